The van der Waals surface area contributed by atoms with E-state index in [1.165, 1.54) is 23.0 Å². The highest BCUT2D eigenvalue weighted by atomic mass is 19.1. The van der Waals surface area contributed by atoms with Gasteiger partial charge in [-0.3, -0.25) is 14.3 Å². The van der Waals surface area contributed by atoms with Gasteiger partial charge in [-0.05, 0) is 36.2 Å². The highest BCUT2D eigenvalue weighted by Crippen LogP contribution is 2.07. The molecule has 0 aliphatic carbocycles. The van der Waals surface area contributed by atoms with E-state index in [1.54, 1.807) is 36.4 Å². The van der Waals surface area contributed by atoms with E-state index in [4.69, 9.17) is 0 Å². The number of amides is 1. The first-order valence-corrected chi connectivity index (χ1v) is 7.59. The van der Waals surface area contributed by atoms with Gasteiger partial charge >= 0.3 is 0 Å². The predicted molar refractivity (Wildman–Crippen MR) is 89.1 cm³/mol. The van der Waals surface area contributed by atoms with E-state index in [0.29, 0.717) is 23.9 Å². The fourth-order valence-electron chi connectivity index (χ4n) is 2.48. The largest absolute Gasteiger partial charge is 0.354 e. The third-order valence-corrected chi connectivity index (χ3v) is 3.70. The van der Waals surface area contributed by atoms with Crippen molar-refractivity contribution in [1.29, 1.82) is 0 Å². The first-order chi connectivity index (χ1) is 11.6. The van der Waals surface area contributed by atoms with E-state index >= 15 is 0 Å². The smallest absolute Gasteiger partial charge is 0.241 e. The van der Waals surface area contributed by atoms with Crippen LogP contribution in [0.4, 0.5) is 4.39 Å². The van der Waals surface area contributed by atoms with Gasteiger partial charge in [0.1, 0.15) is 12.4 Å². The third-order valence-electron chi connectivity index (χ3n) is 3.70. The highest BCUT2D eigenvalue weighted by Gasteiger charge is 2.07. The van der Waals surface area contributed by atoms with E-state index in [1.807, 2.05) is 0 Å². The second-order valence-electron chi connectivity index (χ2n) is 5.41. The molecule has 0 spiro atoms. The summed E-state index contributed by atoms with van der Waals surface area (Å²) in [7, 11) is 0. The lowest BCUT2D eigenvalue weighted by Crippen LogP contribution is -2.30. The van der Waals surface area contributed by atoms with Crippen molar-refractivity contribution in [2.75, 3.05) is 6.54 Å². The summed E-state index contributed by atoms with van der Waals surface area (Å²) in [6.07, 6.45) is 1.83. The number of fused-ring (bicyclic) bond motifs is 1. The molecule has 0 unspecified atom stereocenters. The molecule has 2 aromatic carbocycles. The number of carbonyl (C=O) groups is 1. The van der Waals surface area contributed by atoms with Gasteiger partial charge in [-0.1, -0.05) is 24.3 Å². The quantitative estimate of drug-likeness (QED) is 0.779. The molecule has 0 radical (unpaired) electrons. The Hall–Kier alpha value is -3.02. The van der Waals surface area contributed by atoms with Crippen molar-refractivity contribution >= 4 is 16.8 Å². The number of halogens is 1. The average molecular weight is 325 g/mol. The minimum atomic E-state index is -0.279. The summed E-state index contributed by atoms with van der Waals surface area (Å²) in [6.45, 7) is 0.479. The Morgan fingerprint density at radius 3 is 2.67 bits per heavy atom. The standard InChI is InChI=1S/C18H16FN3O2/c19-14-7-5-13(6-8-14)9-10-20-18(24)12-22-16-4-2-1-3-15(16)17(23)11-21-22/h1-8,11H,9-10,12H2,(H,20,24). The Morgan fingerprint density at radius 2 is 1.88 bits per heavy atom. The zero-order valence-corrected chi connectivity index (χ0v) is 12.9. The predicted octanol–water partition coefficient (Wildman–Crippen LogP) is 1.89. The maximum Gasteiger partial charge on any atom is 0.241 e. The van der Waals surface area contributed by atoms with Crippen LogP contribution in [0, 0.1) is 5.82 Å². The molecule has 122 valence electrons. The van der Waals surface area contributed by atoms with Gasteiger partial charge in [0.25, 0.3) is 0 Å². The summed E-state index contributed by atoms with van der Waals surface area (Å²) >= 11 is 0. The van der Waals surface area contributed by atoms with Gasteiger partial charge in [0.2, 0.25) is 11.3 Å². The van der Waals surface area contributed by atoms with Crippen LogP contribution >= 0.6 is 0 Å². The molecule has 0 aliphatic heterocycles. The van der Waals surface area contributed by atoms with Gasteiger partial charge in [0.05, 0.1) is 11.7 Å². The van der Waals surface area contributed by atoms with Crippen LogP contribution in [0.2, 0.25) is 0 Å². The molecule has 5 nitrogen and oxygen atoms in total. The van der Waals surface area contributed by atoms with Crippen molar-refractivity contribution in [3.05, 3.63) is 76.3 Å². The van der Waals surface area contributed by atoms with Crippen LogP contribution in [-0.4, -0.2) is 22.2 Å². The molecule has 1 heterocycles. The molecular formula is C18H16FN3O2. The Morgan fingerprint density at radius 1 is 1.12 bits per heavy atom. The minimum absolute atomic E-state index is 0.0320. The molecule has 0 saturated carbocycles. The zero-order chi connectivity index (χ0) is 16.9. The van der Waals surface area contributed by atoms with Crippen LogP contribution in [0.15, 0.2) is 59.5 Å². The van der Waals surface area contributed by atoms with Crippen LogP contribution in [0.1, 0.15) is 5.56 Å². The first kappa shape index (κ1) is 15.9. The van der Waals surface area contributed by atoms with Gasteiger partial charge in [-0.25, -0.2) is 4.39 Å². The van der Waals surface area contributed by atoms with E-state index in [-0.39, 0.29) is 23.7 Å². The van der Waals surface area contributed by atoms with Gasteiger partial charge < -0.3 is 5.32 Å². The lowest BCUT2D eigenvalue weighted by molar-refractivity contribution is -0.121. The summed E-state index contributed by atoms with van der Waals surface area (Å²) in [6, 6.07) is 13.2. The molecule has 0 fully saturated rings. The summed E-state index contributed by atoms with van der Waals surface area (Å²) in [4.78, 5) is 23.8. The molecule has 0 bridgehead atoms. The molecule has 1 aromatic heterocycles. The number of benzene rings is 2. The molecule has 0 aliphatic rings. The molecule has 3 rings (SSSR count). The normalized spacial score (nSPS) is 10.7. The Kier molecular flexibility index (Phi) is 4.65. The molecular weight excluding hydrogens is 309 g/mol. The van der Waals surface area contributed by atoms with E-state index < -0.39 is 0 Å². The SMILES string of the molecule is O=C(Cn1ncc(=O)c2ccccc21)NCCc1ccc(F)cc1. The number of nitrogens with one attached hydrogen (secondary N) is 1. The second kappa shape index (κ2) is 7.04. The number of para-hydroxylation sites is 1. The third kappa shape index (κ3) is 3.65. The van der Waals surface area contributed by atoms with Crippen LogP contribution in [0.25, 0.3) is 10.9 Å². The van der Waals surface area contributed by atoms with Crippen LogP contribution < -0.4 is 10.7 Å². The number of hydrogen-bond donors (Lipinski definition) is 1. The maximum atomic E-state index is 12.8. The number of rotatable bonds is 5. The number of hydrogen-bond acceptors (Lipinski definition) is 3. The van der Waals surface area contributed by atoms with Crippen molar-refractivity contribution in [3.8, 4) is 0 Å². The molecule has 6 heteroatoms. The molecule has 1 N–H and O–H groups in total. The molecule has 0 saturated heterocycles. The number of carbonyl (C=O) groups excluding carboxylic acids is 1. The summed E-state index contributed by atoms with van der Waals surface area (Å²) in [5.74, 6) is -0.475. The highest BCUT2D eigenvalue weighted by molar-refractivity contribution is 5.81. The van der Waals surface area contributed by atoms with Gasteiger partial charge in [-0.2, -0.15) is 5.10 Å². The summed E-state index contributed by atoms with van der Waals surface area (Å²) < 4.78 is 14.3. The average Bonchev–Trinajstić information content (AvgIpc) is 2.59. The summed E-state index contributed by atoms with van der Waals surface area (Å²) in [5.41, 5.74) is 1.40. The maximum absolute atomic E-state index is 12.8. The fraction of sp³-hybridized carbons (Fsp3) is 0.167. The topological polar surface area (TPSA) is 64.0 Å². The van der Waals surface area contributed by atoms with Gasteiger partial charge in [-0.15, -0.1) is 0 Å². The van der Waals surface area contributed by atoms with E-state index in [0.717, 1.165) is 5.56 Å². The van der Waals surface area contributed by atoms with E-state index in [9.17, 15) is 14.0 Å². The lowest BCUT2D eigenvalue weighted by atomic mass is 10.1. The van der Waals surface area contributed by atoms with Crippen molar-refractivity contribution in [2.24, 2.45) is 0 Å². The molecule has 1 amide bonds. The monoisotopic (exact) mass is 325 g/mol. The Balaban J connectivity index is 1.62. The molecule has 0 atom stereocenters. The fourth-order valence-corrected chi connectivity index (χ4v) is 2.48. The van der Waals surface area contributed by atoms with Crippen molar-refractivity contribution in [2.45, 2.75) is 13.0 Å². The van der Waals surface area contributed by atoms with Gasteiger partial charge in [0.15, 0.2) is 0 Å². The van der Waals surface area contributed by atoms with Gasteiger partial charge in [0, 0.05) is 11.9 Å². The van der Waals surface area contributed by atoms with Crippen molar-refractivity contribution in [3.63, 3.8) is 0 Å². The van der Waals surface area contributed by atoms with E-state index in [2.05, 4.69) is 10.4 Å². The second-order valence-corrected chi connectivity index (χ2v) is 5.41. The zero-order valence-electron chi connectivity index (χ0n) is 12.9. The Labute approximate surface area is 137 Å². The Bertz CT molecular complexity index is 919. The van der Waals surface area contributed by atoms with Crippen LogP contribution in [0.5, 0.6) is 0 Å². The van der Waals surface area contributed by atoms with Crippen molar-refractivity contribution in [1.82, 2.24) is 15.1 Å². The molecule has 3 aromatic rings. The van der Waals surface area contributed by atoms with Crippen LogP contribution in [0.3, 0.4) is 0 Å². The first-order valence-electron chi connectivity index (χ1n) is 7.59. The molecule has 24 heavy (non-hydrogen) atoms. The minimum Gasteiger partial charge on any atom is -0.354 e. The number of aromatic nitrogens is 2. The number of nitrogens with zero attached hydrogens (tertiary/aromatic N) is 2. The summed E-state index contributed by atoms with van der Waals surface area (Å²) in [5, 5.41) is 7.36. The van der Waals surface area contributed by atoms with Crippen molar-refractivity contribution < 1.29 is 9.18 Å². The lowest BCUT2D eigenvalue weighted by Gasteiger charge is -2.09. The van der Waals surface area contributed by atoms with Crippen LogP contribution in [-0.2, 0) is 17.8 Å².